The number of aromatic nitrogens is 3. The van der Waals surface area contributed by atoms with Gasteiger partial charge in [0.05, 0.1) is 11.0 Å². The Morgan fingerprint density at radius 2 is 2.04 bits per heavy atom. The number of nitro groups is 1. The molecule has 0 bridgehead atoms. The summed E-state index contributed by atoms with van der Waals surface area (Å²) in [6, 6.07) is 11.8. The number of rotatable bonds is 5. The van der Waals surface area contributed by atoms with E-state index in [0.29, 0.717) is 23.0 Å². The molecule has 0 saturated carbocycles. The van der Waals surface area contributed by atoms with Crippen molar-refractivity contribution in [2.45, 2.75) is 6.61 Å². The van der Waals surface area contributed by atoms with E-state index in [2.05, 4.69) is 15.2 Å². The fourth-order valence-corrected chi connectivity index (χ4v) is 1.96. The quantitative estimate of drug-likeness (QED) is 0.577. The van der Waals surface area contributed by atoms with Crippen LogP contribution in [0.3, 0.4) is 0 Å². The lowest BCUT2D eigenvalue weighted by Crippen LogP contribution is -1.98. The lowest BCUT2D eigenvalue weighted by atomic mass is 10.2. The molecule has 0 aliphatic carbocycles. The summed E-state index contributed by atoms with van der Waals surface area (Å²) in [5, 5.41) is 17.4. The molecule has 0 aliphatic heterocycles. The fraction of sp³-hybridized carbons (Fsp3) is 0.0667. The first-order chi connectivity index (χ1) is 11.1. The van der Waals surface area contributed by atoms with E-state index in [1.807, 2.05) is 0 Å². The maximum Gasteiger partial charge on any atom is 0.273 e. The van der Waals surface area contributed by atoms with Crippen molar-refractivity contribution in [3.05, 3.63) is 70.3 Å². The van der Waals surface area contributed by atoms with Crippen LogP contribution < -0.4 is 4.74 Å². The summed E-state index contributed by atoms with van der Waals surface area (Å²) in [4.78, 5) is 14.4. The molecule has 0 atom stereocenters. The van der Waals surface area contributed by atoms with Crippen molar-refractivity contribution in [3.8, 4) is 17.1 Å². The molecule has 1 heterocycles. The van der Waals surface area contributed by atoms with Crippen molar-refractivity contribution < 1.29 is 14.1 Å². The summed E-state index contributed by atoms with van der Waals surface area (Å²) in [5.74, 6) is 0.752. The largest absolute Gasteiger partial charge is 0.485 e. The molecule has 1 N–H and O–H groups in total. The van der Waals surface area contributed by atoms with Crippen LogP contribution in [0.1, 0.15) is 5.82 Å². The van der Waals surface area contributed by atoms with E-state index in [-0.39, 0.29) is 18.1 Å². The number of hydrogen-bond acceptors (Lipinski definition) is 5. The minimum atomic E-state index is -0.497. The predicted octanol–water partition coefficient (Wildman–Crippen LogP) is 3.10. The van der Waals surface area contributed by atoms with Crippen molar-refractivity contribution in [1.82, 2.24) is 15.2 Å². The highest BCUT2D eigenvalue weighted by Crippen LogP contribution is 2.20. The van der Waals surface area contributed by atoms with Crippen molar-refractivity contribution in [3.63, 3.8) is 0 Å². The second-order valence-electron chi connectivity index (χ2n) is 4.66. The van der Waals surface area contributed by atoms with Gasteiger partial charge in [-0.05, 0) is 18.2 Å². The second-order valence-corrected chi connectivity index (χ2v) is 4.66. The van der Waals surface area contributed by atoms with Gasteiger partial charge >= 0.3 is 0 Å². The molecule has 0 saturated heterocycles. The van der Waals surface area contributed by atoms with Crippen LogP contribution in [-0.2, 0) is 6.61 Å². The lowest BCUT2D eigenvalue weighted by molar-refractivity contribution is -0.384. The number of nitrogens with zero attached hydrogens (tertiary/aromatic N) is 3. The van der Waals surface area contributed by atoms with Crippen molar-refractivity contribution >= 4 is 5.69 Å². The maximum atomic E-state index is 13.2. The van der Waals surface area contributed by atoms with Crippen LogP contribution in [0.15, 0.2) is 48.5 Å². The van der Waals surface area contributed by atoms with Crippen LogP contribution in [0.25, 0.3) is 11.4 Å². The van der Waals surface area contributed by atoms with Crippen LogP contribution in [0.5, 0.6) is 5.75 Å². The van der Waals surface area contributed by atoms with Gasteiger partial charge in [0.1, 0.15) is 18.2 Å². The van der Waals surface area contributed by atoms with Gasteiger partial charge in [-0.25, -0.2) is 9.37 Å². The van der Waals surface area contributed by atoms with E-state index in [0.717, 1.165) is 0 Å². The number of nitro benzene ring substituents is 1. The second kappa shape index (κ2) is 6.22. The molecule has 0 aliphatic rings. The first-order valence-corrected chi connectivity index (χ1v) is 6.66. The highest BCUT2D eigenvalue weighted by Gasteiger charge is 2.09. The van der Waals surface area contributed by atoms with Crippen LogP contribution in [0.2, 0.25) is 0 Å². The van der Waals surface area contributed by atoms with Gasteiger partial charge in [-0.1, -0.05) is 18.2 Å². The maximum absolute atomic E-state index is 13.2. The summed E-state index contributed by atoms with van der Waals surface area (Å²) in [5.41, 5.74) is 0.489. The number of nitrogens with one attached hydrogen (secondary N) is 1. The van der Waals surface area contributed by atoms with Gasteiger partial charge in [-0.15, -0.1) is 0 Å². The summed E-state index contributed by atoms with van der Waals surface area (Å²) in [7, 11) is 0. The SMILES string of the molecule is O=[N+]([O-])c1cccc(OCc2nc(-c3cccc(F)c3)n[nH]2)c1. The molecule has 3 rings (SSSR count). The van der Waals surface area contributed by atoms with E-state index in [1.165, 1.54) is 30.3 Å². The van der Waals surface area contributed by atoms with E-state index >= 15 is 0 Å². The minimum Gasteiger partial charge on any atom is -0.485 e. The van der Waals surface area contributed by atoms with E-state index in [1.54, 1.807) is 18.2 Å². The zero-order valence-electron chi connectivity index (χ0n) is 11.8. The first-order valence-electron chi connectivity index (χ1n) is 6.66. The van der Waals surface area contributed by atoms with Crippen molar-refractivity contribution in [2.75, 3.05) is 0 Å². The average molecular weight is 314 g/mol. The Labute approximate surface area is 129 Å². The molecule has 0 spiro atoms. The van der Waals surface area contributed by atoms with Gasteiger partial charge in [0.15, 0.2) is 11.6 Å². The molecule has 0 unspecified atom stereocenters. The third kappa shape index (κ3) is 3.49. The molecular weight excluding hydrogens is 303 g/mol. The van der Waals surface area contributed by atoms with Gasteiger partial charge in [0, 0.05) is 11.6 Å². The van der Waals surface area contributed by atoms with Gasteiger partial charge in [-0.2, -0.15) is 5.10 Å². The normalized spacial score (nSPS) is 10.5. The fourth-order valence-electron chi connectivity index (χ4n) is 1.96. The topological polar surface area (TPSA) is 93.9 Å². The number of ether oxygens (including phenoxy) is 1. The molecular formula is C15H11FN4O3. The summed E-state index contributed by atoms with van der Waals surface area (Å²) in [6.07, 6.45) is 0. The smallest absolute Gasteiger partial charge is 0.273 e. The molecule has 1 aromatic heterocycles. The highest BCUT2D eigenvalue weighted by atomic mass is 19.1. The zero-order valence-corrected chi connectivity index (χ0v) is 11.8. The molecule has 116 valence electrons. The molecule has 0 fully saturated rings. The Kier molecular flexibility index (Phi) is 3.96. The standard InChI is InChI=1S/C15H11FN4O3/c16-11-4-1-3-10(7-11)15-17-14(18-19-15)9-23-13-6-2-5-12(8-13)20(21)22/h1-8H,9H2,(H,17,18,19). The Morgan fingerprint density at radius 3 is 2.83 bits per heavy atom. The molecule has 2 aromatic carbocycles. The Hall–Kier alpha value is -3.29. The van der Waals surface area contributed by atoms with Crippen LogP contribution in [0, 0.1) is 15.9 Å². The third-order valence-electron chi connectivity index (χ3n) is 3.02. The number of non-ortho nitro benzene ring substituents is 1. The van der Waals surface area contributed by atoms with Crippen LogP contribution >= 0.6 is 0 Å². The zero-order chi connectivity index (χ0) is 16.2. The average Bonchev–Trinajstić information content (AvgIpc) is 3.02. The number of benzene rings is 2. The molecule has 23 heavy (non-hydrogen) atoms. The van der Waals surface area contributed by atoms with Crippen molar-refractivity contribution in [2.24, 2.45) is 0 Å². The van der Waals surface area contributed by atoms with Crippen LogP contribution in [0.4, 0.5) is 10.1 Å². The number of hydrogen-bond donors (Lipinski definition) is 1. The predicted molar refractivity (Wildman–Crippen MR) is 79.2 cm³/mol. The number of aromatic amines is 1. The van der Waals surface area contributed by atoms with Gasteiger partial charge < -0.3 is 4.74 Å². The summed E-state index contributed by atoms with van der Waals surface area (Å²) < 4.78 is 18.6. The molecule has 0 radical (unpaired) electrons. The Bertz CT molecular complexity index is 850. The lowest BCUT2D eigenvalue weighted by Gasteiger charge is -2.03. The third-order valence-corrected chi connectivity index (χ3v) is 3.02. The number of halogens is 1. The minimum absolute atomic E-state index is 0.0551. The Morgan fingerprint density at radius 1 is 1.22 bits per heavy atom. The highest BCUT2D eigenvalue weighted by molar-refractivity contribution is 5.54. The van der Waals surface area contributed by atoms with E-state index in [4.69, 9.17) is 4.74 Å². The molecule has 8 heteroatoms. The van der Waals surface area contributed by atoms with Crippen molar-refractivity contribution in [1.29, 1.82) is 0 Å². The molecule has 7 nitrogen and oxygen atoms in total. The van der Waals surface area contributed by atoms with Gasteiger partial charge in [0.25, 0.3) is 5.69 Å². The van der Waals surface area contributed by atoms with E-state index in [9.17, 15) is 14.5 Å². The summed E-state index contributed by atoms with van der Waals surface area (Å²) >= 11 is 0. The number of H-pyrrole nitrogens is 1. The summed E-state index contributed by atoms with van der Waals surface area (Å²) in [6.45, 7) is 0.0590. The van der Waals surface area contributed by atoms with E-state index < -0.39 is 4.92 Å². The van der Waals surface area contributed by atoms with Gasteiger partial charge in [0.2, 0.25) is 0 Å². The van der Waals surface area contributed by atoms with Crippen LogP contribution in [-0.4, -0.2) is 20.1 Å². The molecule has 3 aromatic rings. The van der Waals surface area contributed by atoms with Gasteiger partial charge in [-0.3, -0.25) is 15.2 Å². The first kappa shape index (κ1) is 14.6. The Balaban J connectivity index is 1.70. The monoisotopic (exact) mass is 314 g/mol. The molecule has 0 amide bonds.